The highest BCUT2D eigenvalue weighted by atomic mass is 79.9. The van der Waals surface area contributed by atoms with E-state index in [9.17, 15) is 5.26 Å². The number of hydrogen-bond donors (Lipinski definition) is 1. The minimum Gasteiger partial charge on any atom is -0.299 e. The molecule has 20 heavy (non-hydrogen) atoms. The molecule has 4 heteroatoms. The number of halogens is 1. The standard InChI is InChI=1S/C16H21BrN2S/c1-2-19-16(12-18)10-3-4-13(16)9-11-20-15-7-5-14(17)6-8-15/h5-8,13,19H,2-4,9-11H2,1H3. The van der Waals surface area contributed by atoms with E-state index in [1.165, 1.54) is 17.7 Å². The van der Waals surface area contributed by atoms with Crippen LogP contribution in [0.15, 0.2) is 33.6 Å². The molecule has 1 fully saturated rings. The van der Waals surface area contributed by atoms with E-state index in [0.717, 1.165) is 29.6 Å². The molecular weight excluding hydrogens is 332 g/mol. The molecule has 1 saturated carbocycles. The molecular formula is C16H21BrN2S. The van der Waals surface area contributed by atoms with Gasteiger partial charge in [0.15, 0.2) is 0 Å². The molecule has 0 bridgehead atoms. The fraction of sp³-hybridized carbons (Fsp3) is 0.562. The van der Waals surface area contributed by atoms with Crippen LogP contribution in [0.1, 0.15) is 32.6 Å². The van der Waals surface area contributed by atoms with Gasteiger partial charge in [0.05, 0.1) is 6.07 Å². The molecule has 1 aromatic carbocycles. The quantitative estimate of drug-likeness (QED) is 0.759. The lowest BCUT2D eigenvalue weighted by Crippen LogP contribution is -2.47. The van der Waals surface area contributed by atoms with Crippen LogP contribution in [0.2, 0.25) is 0 Å². The summed E-state index contributed by atoms with van der Waals surface area (Å²) < 4.78 is 1.12. The van der Waals surface area contributed by atoms with Crippen molar-refractivity contribution < 1.29 is 0 Å². The van der Waals surface area contributed by atoms with E-state index in [1.54, 1.807) is 0 Å². The smallest absolute Gasteiger partial charge is 0.109 e. The molecule has 0 amide bonds. The monoisotopic (exact) mass is 352 g/mol. The van der Waals surface area contributed by atoms with Gasteiger partial charge in [-0.1, -0.05) is 29.3 Å². The van der Waals surface area contributed by atoms with Crippen LogP contribution in [-0.2, 0) is 0 Å². The molecule has 0 saturated heterocycles. The fourth-order valence-corrected chi connectivity index (χ4v) is 4.28. The first-order chi connectivity index (χ1) is 9.70. The molecule has 2 atom stereocenters. The van der Waals surface area contributed by atoms with Crippen LogP contribution in [0.4, 0.5) is 0 Å². The van der Waals surface area contributed by atoms with Crippen molar-refractivity contribution in [1.29, 1.82) is 5.26 Å². The van der Waals surface area contributed by atoms with Gasteiger partial charge in [0.1, 0.15) is 5.54 Å². The molecule has 0 spiro atoms. The normalized spacial score (nSPS) is 25.6. The van der Waals surface area contributed by atoms with Gasteiger partial charge in [0.25, 0.3) is 0 Å². The topological polar surface area (TPSA) is 35.8 Å². The van der Waals surface area contributed by atoms with Crippen molar-refractivity contribution in [2.24, 2.45) is 5.92 Å². The second kappa shape index (κ2) is 7.49. The van der Waals surface area contributed by atoms with Gasteiger partial charge in [-0.25, -0.2) is 0 Å². The van der Waals surface area contributed by atoms with Gasteiger partial charge in [0, 0.05) is 9.37 Å². The molecule has 1 N–H and O–H groups in total. The molecule has 0 heterocycles. The van der Waals surface area contributed by atoms with E-state index in [4.69, 9.17) is 0 Å². The molecule has 0 aliphatic heterocycles. The predicted octanol–water partition coefficient (Wildman–Crippen LogP) is 4.60. The van der Waals surface area contributed by atoms with E-state index in [-0.39, 0.29) is 5.54 Å². The average Bonchev–Trinajstić information content (AvgIpc) is 2.85. The molecule has 1 aromatic rings. The lowest BCUT2D eigenvalue weighted by Gasteiger charge is -2.29. The van der Waals surface area contributed by atoms with Crippen molar-refractivity contribution in [3.05, 3.63) is 28.7 Å². The number of benzene rings is 1. The summed E-state index contributed by atoms with van der Waals surface area (Å²) in [5, 5.41) is 13.0. The minimum absolute atomic E-state index is 0.269. The van der Waals surface area contributed by atoms with Crippen molar-refractivity contribution in [2.45, 2.75) is 43.0 Å². The molecule has 0 aromatic heterocycles. The number of thioether (sulfide) groups is 1. The van der Waals surface area contributed by atoms with E-state index in [0.29, 0.717) is 5.92 Å². The highest BCUT2D eigenvalue weighted by molar-refractivity contribution is 9.10. The van der Waals surface area contributed by atoms with Crippen LogP contribution in [0.3, 0.4) is 0 Å². The van der Waals surface area contributed by atoms with Crippen molar-refractivity contribution in [3.63, 3.8) is 0 Å². The predicted molar refractivity (Wildman–Crippen MR) is 88.8 cm³/mol. The first kappa shape index (κ1) is 15.9. The van der Waals surface area contributed by atoms with Crippen LogP contribution in [-0.4, -0.2) is 17.8 Å². The van der Waals surface area contributed by atoms with Gasteiger partial charge in [-0.3, -0.25) is 5.32 Å². The molecule has 2 rings (SSSR count). The second-order valence-electron chi connectivity index (χ2n) is 5.29. The van der Waals surface area contributed by atoms with Crippen LogP contribution in [0, 0.1) is 17.2 Å². The lowest BCUT2D eigenvalue weighted by atomic mass is 9.86. The highest BCUT2D eigenvalue weighted by Crippen LogP contribution is 2.38. The summed E-state index contributed by atoms with van der Waals surface area (Å²) in [5.74, 6) is 1.58. The zero-order valence-corrected chi connectivity index (χ0v) is 14.3. The molecule has 2 unspecified atom stereocenters. The van der Waals surface area contributed by atoms with Gasteiger partial charge in [-0.05, 0) is 61.7 Å². The first-order valence-corrected chi connectivity index (χ1v) is 9.02. The zero-order chi connectivity index (χ0) is 14.4. The first-order valence-electron chi connectivity index (χ1n) is 7.25. The maximum absolute atomic E-state index is 9.54. The number of nitrogens with one attached hydrogen (secondary N) is 1. The van der Waals surface area contributed by atoms with Gasteiger partial charge >= 0.3 is 0 Å². The van der Waals surface area contributed by atoms with E-state index >= 15 is 0 Å². The Hall–Kier alpha value is -0.500. The number of nitrogens with zero attached hydrogens (tertiary/aromatic N) is 1. The molecule has 0 radical (unpaired) electrons. The van der Waals surface area contributed by atoms with E-state index < -0.39 is 0 Å². The summed E-state index contributed by atoms with van der Waals surface area (Å²) in [6, 6.07) is 11.0. The van der Waals surface area contributed by atoms with Crippen molar-refractivity contribution in [3.8, 4) is 6.07 Å². The third-order valence-corrected chi connectivity index (χ3v) is 5.64. The second-order valence-corrected chi connectivity index (χ2v) is 7.38. The summed E-state index contributed by atoms with van der Waals surface area (Å²) in [6.07, 6.45) is 4.47. The van der Waals surface area contributed by atoms with Crippen LogP contribution in [0.25, 0.3) is 0 Å². The molecule has 2 nitrogen and oxygen atoms in total. The Morgan fingerprint density at radius 1 is 1.45 bits per heavy atom. The SMILES string of the molecule is CCNC1(C#N)CCCC1CCSc1ccc(Br)cc1. The highest BCUT2D eigenvalue weighted by Gasteiger charge is 2.41. The molecule has 108 valence electrons. The summed E-state index contributed by atoms with van der Waals surface area (Å²) >= 11 is 5.34. The lowest BCUT2D eigenvalue weighted by molar-refractivity contribution is 0.317. The van der Waals surface area contributed by atoms with E-state index in [1.807, 2.05) is 11.8 Å². The van der Waals surface area contributed by atoms with Crippen LogP contribution >= 0.6 is 27.7 Å². The zero-order valence-electron chi connectivity index (χ0n) is 11.9. The van der Waals surface area contributed by atoms with Crippen LogP contribution in [0.5, 0.6) is 0 Å². The summed E-state index contributed by atoms with van der Waals surface area (Å²) in [6.45, 7) is 2.97. The summed E-state index contributed by atoms with van der Waals surface area (Å²) in [5.41, 5.74) is -0.269. The Kier molecular flexibility index (Phi) is 5.95. The number of rotatable bonds is 6. The Labute approximate surface area is 134 Å². The van der Waals surface area contributed by atoms with Gasteiger partial charge in [0.2, 0.25) is 0 Å². The Bertz CT molecular complexity index is 468. The van der Waals surface area contributed by atoms with Crippen molar-refractivity contribution in [1.82, 2.24) is 5.32 Å². The van der Waals surface area contributed by atoms with Gasteiger partial charge < -0.3 is 0 Å². The van der Waals surface area contributed by atoms with E-state index in [2.05, 4.69) is 58.5 Å². The maximum atomic E-state index is 9.54. The molecule has 1 aliphatic rings. The number of nitriles is 1. The van der Waals surface area contributed by atoms with Crippen molar-refractivity contribution in [2.75, 3.05) is 12.3 Å². The third-order valence-electron chi connectivity index (χ3n) is 4.06. The summed E-state index contributed by atoms with van der Waals surface area (Å²) in [4.78, 5) is 1.30. The Morgan fingerprint density at radius 2 is 2.20 bits per heavy atom. The maximum Gasteiger partial charge on any atom is 0.109 e. The number of hydrogen-bond acceptors (Lipinski definition) is 3. The average molecular weight is 353 g/mol. The van der Waals surface area contributed by atoms with Gasteiger partial charge in [-0.2, -0.15) is 5.26 Å². The van der Waals surface area contributed by atoms with Crippen molar-refractivity contribution >= 4 is 27.7 Å². The minimum atomic E-state index is -0.269. The Morgan fingerprint density at radius 3 is 2.85 bits per heavy atom. The third kappa shape index (κ3) is 3.78. The van der Waals surface area contributed by atoms with Gasteiger partial charge in [-0.15, -0.1) is 11.8 Å². The Balaban J connectivity index is 1.87. The molecule has 1 aliphatic carbocycles. The largest absolute Gasteiger partial charge is 0.299 e. The fourth-order valence-electron chi connectivity index (χ4n) is 3.05. The summed E-state index contributed by atoms with van der Waals surface area (Å²) in [7, 11) is 0. The van der Waals surface area contributed by atoms with Crippen LogP contribution < -0.4 is 5.32 Å².